The van der Waals surface area contributed by atoms with Crippen molar-refractivity contribution >= 4 is 0 Å². The fourth-order valence-corrected chi connectivity index (χ4v) is 3.54. The van der Waals surface area contributed by atoms with Gasteiger partial charge in [0.05, 0.1) is 0 Å². The molecule has 0 unspecified atom stereocenters. The Morgan fingerprint density at radius 3 is 2.95 bits per heavy atom. The van der Waals surface area contributed by atoms with Crippen LogP contribution in [0.5, 0.6) is 6.01 Å². The highest BCUT2D eigenvalue weighted by atomic mass is 16.6. The Morgan fingerprint density at radius 1 is 1.33 bits per heavy atom. The van der Waals surface area contributed by atoms with Crippen molar-refractivity contribution in [2.45, 2.75) is 51.0 Å². The summed E-state index contributed by atoms with van der Waals surface area (Å²) in [5.74, 6) is 0. The molecular formula is C15H21N3O3. The van der Waals surface area contributed by atoms with Gasteiger partial charge in [0.1, 0.15) is 18.4 Å². The van der Waals surface area contributed by atoms with Gasteiger partial charge in [-0.2, -0.15) is 4.98 Å². The summed E-state index contributed by atoms with van der Waals surface area (Å²) in [4.78, 5) is 18.2. The van der Waals surface area contributed by atoms with Crippen molar-refractivity contribution in [2.75, 3.05) is 19.6 Å². The number of piperidine rings is 1. The zero-order chi connectivity index (χ0) is 14.4. The molecule has 4 rings (SSSR count). The number of aryl methyl sites for hydroxylation is 1. The molecule has 2 saturated heterocycles. The van der Waals surface area contributed by atoms with Crippen molar-refractivity contribution in [1.29, 1.82) is 0 Å². The first-order valence-electron chi connectivity index (χ1n) is 7.85. The molecule has 3 atom stereocenters. The van der Waals surface area contributed by atoms with E-state index in [4.69, 9.17) is 9.47 Å². The van der Waals surface area contributed by atoms with Gasteiger partial charge in [0.15, 0.2) is 0 Å². The molecule has 1 aromatic rings. The number of rotatable bonds is 2. The molecule has 0 N–H and O–H groups in total. The number of aromatic nitrogens is 2. The van der Waals surface area contributed by atoms with Crippen LogP contribution in [0.25, 0.3) is 0 Å². The molecule has 3 aliphatic heterocycles. The highest BCUT2D eigenvalue weighted by Gasteiger charge is 2.43. The van der Waals surface area contributed by atoms with Crippen LogP contribution in [0.4, 0.5) is 0 Å². The van der Waals surface area contributed by atoms with E-state index in [1.165, 1.54) is 19.3 Å². The predicted octanol–water partition coefficient (Wildman–Crippen LogP) is 1.09. The van der Waals surface area contributed by atoms with Crippen LogP contribution >= 0.6 is 0 Å². The van der Waals surface area contributed by atoms with Crippen molar-refractivity contribution in [2.24, 2.45) is 0 Å². The molecule has 1 aromatic heterocycles. The molecule has 0 spiro atoms. The Morgan fingerprint density at radius 2 is 2.14 bits per heavy atom. The van der Waals surface area contributed by atoms with Crippen LogP contribution in [0.15, 0.2) is 11.0 Å². The van der Waals surface area contributed by atoms with Crippen LogP contribution in [-0.4, -0.2) is 46.3 Å². The molecule has 4 heterocycles. The SMILES string of the molecule is Cc1cn2c(nc1=O)O[C@H]1C[C@@H]2O[C@H]1CN1CCCCC1. The van der Waals surface area contributed by atoms with Crippen molar-refractivity contribution < 1.29 is 9.47 Å². The minimum absolute atomic E-state index is 0.0199. The summed E-state index contributed by atoms with van der Waals surface area (Å²) in [5.41, 5.74) is 0.416. The topological polar surface area (TPSA) is 56.6 Å². The van der Waals surface area contributed by atoms with Crippen LogP contribution in [-0.2, 0) is 4.74 Å². The van der Waals surface area contributed by atoms with Gasteiger partial charge in [0, 0.05) is 24.7 Å². The molecule has 6 nitrogen and oxygen atoms in total. The zero-order valence-corrected chi connectivity index (χ0v) is 12.3. The summed E-state index contributed by atoms with van der Waals surface area (Å²) in [7, 11) is 0. The van der Waals surface area contributed by atoms with E-state index in [2.05, 4.69) is 9.88 Å². The predicted molar refractivity (Wildman–Crippen MR) is 76.5 cm³/mol. The zero-order valence-electron chi connectivity index (χ0n) is 12.3. The minimum Gasteiger partial charge on any atom is -0.458 e. The summed E-state index contributed by atoms with van der Waals surface area (Å²) in [6.07, 6.45) is 6.58. The van der Waals surface area contributed by atoms with Gasteiger partial charge in [-0.05, 0) is 32.9 Å². The first-order chi connectivity index (χ1) is 10.2. The van der Waals surface area contributed by atoms with Crippen LogP contribution in [0.2, 0.25) is 0 Å². The van der Waals surface area contributed by atoms with Crippen LogP contribution < -0.4 is 10.3 Å². The number of fused-ring (bicyclic) bond motifs is 4. The van der Waals surface area contributed by atoms with Crippen molar-refractivity contribution in [3.8, 4) is 6.01 Å². The Labute approximate surface area is 123 Å². The van der Waals surface area contributed by atoms with E-state index < -0.39 is 0 Å². The highest BCUT2D eigenvalue weighted by molar-refractivity contribution is 5.13. The smallest absolute Gasteiger partial charge is 0.302 e. The summed E-state index contributed by atoms with van der Waals surface area (Å²) in [5, 5.41) is 0. The molecule has 0 aliphatic carbocycles. The molecule has 0 amide bonds. The molecule has 0 radical (unpaired) electrons. The van der Waals surface area contributed by atoms with Crippen LogP contribution in [0.3, 0.4) is 0 Å². The van der Waals surface area contributed by atoms with Gasteiger partial charge in [-0.25, -0.2) is 0 Å². The van der Waals surface area contributed by atoms with E-state index in [0.29, 0.717) is 11.6 Å². The van der Waals surface area contributed by atoms with Gasteiger partial charge in [0.2, 0.25) is 0 Å². The van der Waals surface area contributed by atoms with E-state index in [-0.39, 0.29) is 24.0 Å². The maximum absolute atomic E-state index is 11.7. The molecule has 0 saturated carbocycles. The Kier molecular flexibility index (Phi) is 3.23. The van der Waals surface area contributed by atoms with E-state index in [1.807, 2.05) is 4.57 Å². The lowest BCUT2D eigenvalue weighted by Gasteiger charge is -2.30. The molecule has 21 heavy (non-hydrogen) atoms. The van der Waals surface area contributed by atoms with Gasteiger partial charge in [-0.15, -0.1) is 0 Å². The Bertz CT molecular complexity index is 594. The van der Waals surface area contributed by atoms with Gasteiger partial charge in [0.25, 0.3) is 5.56 Å². The standard InChI is InChI=1S/C15H21N3O3/c1-10-8-18-13-7-11(21-15(18)16-14(10)19)12(20-13)9-17-5-3-2-4-6-17/h8,11-13H,2-7,9H2,1H3/t11-,12-,13-/m0/s1. The third-order valence-corrected chi connectivity index (χ3v) is 4.72. The first-order valence-corrected chi connectivity index (χ1v) is 7.85. The van der Waals surface area contributed by atoms with Gasteiger partial charge >= 0.3 is 6.01 Å². The van der Waals surface area contributed by atoms with E-state index >= 15 is 0 Å². The Hall–Kier alpha value is -1.40. The average molecular weight is 291 g/mol. The van der Waals surface area contributed by atoms with Crippen molar-refractivity contribution in [1.82, 2.24) is 14.5 Å². The fraction of sp³-hybridized carbons (Fsp3) is 0.733. The Balaban J connectivity index is 1.52. The first kappa shape index (κ1) is 13.3. The lowest BCUT2D eigenvalue weighted by Crippen LogP contribution is -2.42. The second-order valence-corrected chi connectivity index (χ2v) is 6.30. The van der Waals surface area contributed by atoms with E-state index in [1.54, 1.807) is 13.1 Å². The summed E-state index contributed by atoms with van der Waals surface area (Å²) in [6.45, 7) is 4.99. The van der Waals surface area contributed by atoms with E-state index in [9.17, 15) is 4.79 Å². The lowest BCUT2D eigenvalue weighted by molar-refractivity contribution is -0.0171. The summed E-state index contributed by atoms with van der Waals surface area (Å²) >= 11 is 0. The monoisotopic (exact) mass is 291 g/mol. The number of nitrogens with zero attached hydrogens (tertiary/aromatic N) is 3. The summed E-state index contributed by atoms with van der Waals surface area (Å²) < 4.78 is 13.9. The largest absolute Gasteiger partial charge is 0.458 e. The molecular weight excluding hydrogens is 270 g/mol. The lowest BCUT2D eigenvalue weighted by atomic mass is 10.1. The summed E-state index contributed by atoms with van der Waals surface area (Å²) in [6, 6.07) is 0.410. The average Bonchev–Trinajstić information content (AvgIpc) is 2.81. The highest BCUT2D eigenvalue weighted by Crippen LogP contribution is 2.38. The number of likely N-dealkylation sites (tertiary alicyclic amines) is 1. The van der Waals surface area contributed by atoms with Crippen LogP contribution in [0, 0.1) is 6.92 Å². The molecule has 114 valence electrons. The molecule has 2 bridgehead atoms. The molecule has 2 fully saturated rings. The molecule has 0 aromatic carbocycles. The van der Waals surface area contributed by atoms with Gasteiger partial charge in [-0.3, -0.25) is 9.36 Å². The second-order valence-electron chi connectivity index (χ2n) is 6.30. The quantitative estimate of drug-likeness (QED) is 0.816. The number of ether oxygens (including phenoxy) is 2. The third kappa shape index (κ3) is 2.36. The maximum Gasteiger partial charge on any atom is 0.302 e. The maximum atomic E-state index is 11.7. The van der Waals surface area contributed by atoms with Gasteiger partial charge < -0.3 is 14.4 Å². The molecule has 6 heteroatoms. The minimum atomic E-state index is -0.213. The van der Waals surface area contributed by atoms with E-state index in [0.717, 1.165) is 26.1 Å². The second kappa shape index (κ2) is 5.10. The number of hydrogen-bond donors (Lipinski definition) is 0. The van der Waals surface area contributed by atoms with Crippen molar-refractivity contribution in [3.63, 3.8) is 0 Å². The van der Waals surface area contributed by atoms with Crippen LogP contribution in [0.1, 0.15) is 37.5 Å². The fourth-order valence-electron chi connectivity index (χ4n) is 3.54. The van der Waals surface area contributed by atoms with Crippen molar-refractivity contribution in [3.05, 3.63) is 22.1 Å². The number of hydrogen-bond acceptors (Lipinski definition) is 5. The third-order valence-electron chi connectivity index (χ3n) is 4.72. The normalized spacial score (nSPS) is 31.8. The molecule has 3 aliphatic rings. The van der Waals surface area contributed by atoms with Gasteiger partial charge in [-0.1, -0.05) is 6.42 Å².